The normalized spacial score (nSPS) is 12.2. The zero-order valence-corrected chi connectivity index (χ0v) is 15.9. The maximum atomic E-state index is 12.4. The van der Waals surface area contributed by atoms with Crippen molar-refractivity contribution in [1.29, 1.82) is 0 Å². The molecule has 2 aromatic heterocycles. The summed E-state index contributed by atoms with van der Waals surface area (Å²) < 4.78 is 11.9. The highest BCUT2D eigenvalue weighted by Gasteiger charge is 2.25. The van der Waals surface area contributed by atoms with Crippen LogP contribution in [-0.4, -0.2) is 21.4 Å². The number of H-pyrrole nitrogens is 1. The Labute approximate surface area is 163 Å². The van der Waals surface area contributed by atoms with Crippen LogP contribution in [0.5, 0.6) is 0 Å². The van der Waals surface area contributed by atoms with E-state index in [2.05, 4.69) is 20.1 Å². The number of carbonyl (C=O) groups excluding carboxylic acids is 1. The van der Waals surface area contributed by atoms with Crippen molar-refractivity contribution in [3.8, 4) is 11.5 Å². The first kappa shape index (κ1) is 18.1. The molecule has 4 aromatic rings. The van der Waals surface area contributed by atoms with Crippen LogP contribution in [0.2, 0.25) is 0 Å². The molecule has 0 spiro atoms. The highest BCUT2D eigenvalue weighted by Crippen LogP contribution is 2.25. The highest BCUT2D eigenvalue weighted by atomic mass is 32.2. The fourth-order valence-electron chi connectivity index (χ4n) is 2.62. The van der Waals surface area contributed by atoms with E-state index in [-0.39, 0.29) is 5.91 Å². The van der Waals surface area contributed by atoms with E-state index in [0.29, 0.717) is 16.6 Å². The Morgan fingerprint density at radius 2 is 1.96 bits per heavy atom. The molecule has 142 valence electrons. The third-order valence-corrected chi connectivity index (χ3v) is 5.34. The molecule has 0 radical (unpaired) electrons. The van der Waals surface area contributed by atoms with Gasteiger partial charge in [-0.05, 0) is 60.4 Å². The van der Waals surface area contributed by atoms with Crippen LogP contribution in [0.25, 0.3) is 22.6 Å². The predicted molar refractivity (Wildman–Crippen MR) is 104 cm³/mol. The smallest absolute Gasteiger partial charge is 0.436 e. The average molecular weight is 397 g/mol. The first-order valence-electron chi connectivity index (χ1n) is 8.52. The molecule has 4 rings (SSSR count). The van der Waals surface area contributed by atoms with Crippen LogP contribution < -0.4 is 15.6 Å². The number of rotatable bonds is 5. The summed E-state index contributed by atoms with van der Waals surface area (Å²) in [6.45, 7) is 1.72. The molecule has 1 atom stereocenters. The molecule has 0 saturated carbocycles. The van der Waals surface area contributed by atoms with Crippen molar-refractivity contribution < 1.29 is 18.4 Å². The van der Waals surface area contributed by atoms with Crippen molar-refractivity contribution in [1.82, 2.24) is 10.3 Å². The van der Waals surface area contributed by atoms with E-state index < -0.39 is 10.9 Å². The van der Waals surface area contributed by atoms with E-state index in [1.807, 2.05) is 36.4 Å². The fraction of sp³-hybridized carbons (Fsp3) is 0.158. The average Bonchev–Trinajstić information content (AvgIpc) is 3.27. The molecular weight excluding hydrogens is 380 g/mol. The minimum Gasteiger partial charge on any atom is -0.436 e. The molecule has 2 aromatic carbocycles. The van der Waals surface area contributed by atoms with Gasteiger partial charge in [-0.15, -0.1) is 0 Å². The summed E-state index contributed by atoms with van der Waals surface area (Å²) in [4.78, 5) is 28.5. The summed E-state index contributed by atoms with van der Waals surface area (Å²) in [5, 5.41) is 5.10. The van der Waals surface area contributed by atoms with E-state index >= 15 is 0 Å². The van der Waals surface area contributed by atoms with Crippen LogP contribution in [0.3, 0.4) is 0 Å². The van der Waals surface area contributed by atoms with E-state index in [9.17, 15) is 9.59 Å². The molecule has 0 aliphatic carbocycles. The van der Waals surface area contributed by atoms with Gasteiger partial charge in [0, 0.05) is 11.3 Å². The number of nitrogens with zero attached hydrogens (tertiary/aromatic N) is 2. The fourth-order valence-corrected chi connectivity index (χ4v) is 3.45. The monoisotopic (exact) mass is 397 g/mol. The minimum atomic E-state index is -0.505. The number of benzene rings is 2. The second-order valence-corrected chi connectivity index (χ2v) is 7.49. The zero-order chi connectivity index (χ0) is 19.7. The highest BCUT2D eigenvalue weighted by molar-refractivity contribution is 8.00. The molecule has 1 unspecified atom stereocenters. The number of fused-ring (bicyclic) bond motifs is 1. The number of hydrogen-bond donors (Lipinski definition) is 2. The Hall–Kier alpha value is -3.33. The van der Waals surface area contributed by atoms with Gasteiger partial charge in [0.1, 0.15) is 5.52 Å². The van der Waals surface area contributed by atoms with Crippen LogP contribution in [0.15, 0.2) is 67.3 Å². The topological polar surface area (TPSA) is 105 Å². The van der Waals surface area contributed by atoms with Crippen LogP contribution in [-0.2, 0) is 11.8 Å². The number of amides is 1. The first-order valence-corrected chi connectivity index (χ1v) is 9.40. The Morgan fingerprint density at radius 3 is 2.64 bits per heavy atom. The summed E-state index contributed by atoms with van der Waals surface area (Å²) in [7, 11) is 1.64. The molecule has 9 heteroatoms. The molecule has 0 aliphatic heterocycles. The van der Waals surface area contributed by atoms with Crippen molar-refractivity contribution in [3.05, 3.63) is 59.0 Å². The summed E-state index contributed by atoms with van der Waals surface area (Å²) in [6, 6.07) is 14.8. The van der Waals surface area contributed by atoms with Gasteiger partial charge in [0.25, 0.3) is 0 Å². The minimum absolute atomic E-state index is 0.222. The number of aromatic nitrogens is 3. The maximum Gasteiger partial charge on any atom is 0.441 e. The van der Waals surface area contributed by atoms with Crippen LogP contribution in [0.1, 0.15) is 6.92 Å². The zero-order valence-electron chi connectivity index (χ0n) is 15.1. The lowest BCUT2D eigenvalue weighted by Gasteiger charge is -2.09. The van der Waals surface area contributed by atoms with Crippen molar-refractivity contribution >= 4 is 34.5 Å². The van der Waals surface area contributed by atoms with Crippen molar-refractivity contribution in [3.63, 3.8) is 0 Å². The lowest BCUT2D eigenvalue weighted by atomic mass is 10.2. The van der Waals surface area contributed by atoms with Gasteiger partial charge in [-0.1, -0.05) is 16.8 Å². The van der Waals surface area contributed by atoms with Crippen LogP contribution in [0.4, 0.5) is 5.69 Å². The Kier molecular flexibility index (Phi) is 4.74. The molecule has 2 heterocycles. The second kappa shape index (κ2) is 7.35. The van der Waals surface area contributed by atoms with E-state index in [4.69, 9.17) is 4.42 Å². The summed E-state index contributed by atoms with van der Waals surface area (Å²) in [5.41, 5.74) is 2.47. The number of aromatic amines is 1. The van der Waals surface area contributed by atoms with E-state index in [0.717, 1.165) is 28.4 Å². The Morgan fingerprint density at radius 1 is 1.21 bits per heavy atom. The molecule has 0 bridgehead atoms. The van der Waals surface area contributed by atoms with E-state index in [1.54, 1.807) is 26.1 Å². The van der Waals surface area contributed by atoms with Gasteiger partial charge in [-0.3, -0.25) is 9.32 Å². The van der Waals surface area contributed by atoms with Gasteiger partial charge in [-0.2, -0.15) is 0 Å². The standard InChI is InChI=1S/C19H16N4O4S/c1-11(28-18-19(25)27-22-23(18)2)16(24)20-13-9-7-12(8-10-13)17-21-14-5-3-4-6-15(14)26-17/h3-11H,1-2H3,(H-,20,21,22,24,25)/p+1. The first-order chi connectivity index (χ1) is 13.5. The van der Waals surface area contributed by atoms with Crippen LogP contribution in [0, 0.1) is 0 Å². The lowest BCUT2D eigenvalue weighted by Crippen LogP contribution is -2.35. The maximum absolute atomic E-state index is 12.4. The van der Waals surface area contributed by atoms with Gasteiger partial charge >= 0.3 is 10.7 Å². The number of aryl methyl sites for hydroxylation is 1. The Bertz CT molecular complexity index is 1160. The van der Waals surface area contributed by atoms with Crippen molar-refractivity contribution in [2.45, 2.75) is 17.2 Å². The number of nitrogens with one attached hydrogen (secondary N) is 2. The number of thioether (sulfide) groups is 1. The largest absolute Gasteiger partial charge is 0.441 e. The molecule has 2 N–H and O–H groups in total. The van der Waals surface area contributed by atoms with Crippen molar-refractivity contribution in [2.75, 3.05) is 5.32 Å². The predicted octanol–water partition coefficient (Wildman–Crippen LogP) is 2.72. The van der Waals surface area contributed by atoms with Gasteiger partial charge in [-0.25, -0.2) is 9.78 Å². The summed E-state index contributed by atoms with van der Waals surface area (Å²) in [6.07, 6.45) is 0. The molecule has 0 aliphatic rings. The van der Waals surface area contributed by atoms with Gasteiger partial charge in [0.15, 0.2) is 12.6 Å². The summed E-state index contributed by atoms with van der Waals surface area (Å²) in [5.74, 6) is 0.301. The molecular formula is C19H17N4O4S+. The molecule has 0 fully saturated rings. The SMILES string of the molecule is CC(Sc1c(=O)o[nH][n+]1C)C(=O)Nc1ccc(-c2nc3ccccc3o2)cc1. The molecule has 1 amide bonds. The van der Waals surface area contributed by atoms with Crippen LogP contribution >= 0.6 is 11.8 Å². The number of anilines is 1. The van der Waals surface area contributed by atoms with Gasteiger partial charge in [0.05, 0.1) is 5.25 Å². The van der Waals surface area contributed by atoms with Crippen molar-refractivity contribution in [2.24, 2.45) is 7.05 Å². The molecule has 8 nitrogen and oxygen atoms in total. The lowest BCUT2D eigenvalue weighted by molar-refractivity contribution is -0.772. The number of hydrogen-bond acceptors (Lipinski definition) is 6. The number of oxazole rings is 1. The third-order valence-electron chi connectivity index (χ3n) is 4.11. The van der Waals surface area contributed by atoms with E-state index in [1.165, 1.54) is 4.68 Å². The summed E-state index contributed by atoms with van der Waals surface area (Å²) >= 11 is 1.12. The second-order valence-electron chi connectivity index (χ2n) is 6.16. The Balaban J connectivity index is 1.45. The molecule has 28 heavy (non-hydrogen) atoms. The quantitative estimate of drug-likeness (QED) is 0.396. The number of para-hydroxylation sites is 2. The third kappa shape index (κ3) is 3.56. The van der Waals surface area contributed by atoms with Gasteiger partial charge in [0.2, 0.25) is 11.8 Å². The van der Waals surface area contributed by atoms with Gasteiger partial charge < -0.3 is 9.73 Å². The molecule has 0 saturated heterocycles. The number of carbonyl (C=O) groups is 1.